The normalized spacial score (nSPS) is 13.7. The van der Waals surface area contributed by atoms with Gasteiger partial charge < -0.3 is 0 Å². The highest BCUT2D eigenvalue weighted by atomic mass is 16.1. The summed E-state index contributed by atoms with van der Waals surface area (Å²) in [6.45, 7) is 2.13. The summed E-state index contributed by atoms with van der Waals surface area (Å²) in [4.78, 5) is 18.4. The average Bonchev–Trinajstić information content (AvgIpc) is 3.17. The first-order chi connectivity index (χ1) is 15.7. The van der Waals surface area contributed by atoms with Crippen molar-refractivity contribution in [3.63, 3.8) is 0 Å². The second-order valence-corrected chi connectivity index (χ2v) is 8.32. The molecule has 0 bridgehead atoms. The number of aliphatic imine (C=N–C) groups is 1. The van der Waals surface area contributed by atoms with Gasteiger partial charge in [0.25, 0.3) is 0 Å². The minimum Gasteiger partial charge on any atom is -0.294 e. The lowest BCUT2D eigenvalue weighted by Gasteiger charge is -2.22. The molecule has 0 saturated carbocycles. The molecule has 4 aromatic carbocycles. The van der Waals surface area contributed by atoms with Crippen molar-refractivity contribution in [1.82, 2.24) is 0 Å². The number of Topliss-reactive ketones (excluding diaryl/α,β-unsaturated/α-hetero) is 1. The van der Waals surface area contributed by atoms with Gasteiger partial charge in [-0.2, -0.15) is 0 Å². The molecule has 5 rings (SSSR count). The molecule has 1 aliphatic carbocycles. The molecule has 2 unspecified atom stereocenters. The van der Waals surface area contributed by atoms with Gasteiger partial charge in [-0.25, -0.2) is 0 Å². The van der Waals surface area contributed by atoms with Gasteiger partial charge in [0.15, 0.2) is 5.78 Å². The number of nitrogens with zero attached hydrogens (tertiary/aromatic N) is 1. The third-order valence-corrected chi connectivity index (χ3v) is 6.30. The van der Waals surface area contributed by atoms with Gasteiger partial charge in [-0.1, -0.05) is 109 Å². The first kappa shape index (κ1) is 20.1. The molecule has 0 spiro atoms. The minimum absolute atomic E-state index is 0.00340. The molecule has 0 saturated heterocycles. The zero-order valence-corrected chi connectivity index (χ0v) is 18.1. The third-order valence-electron chi connectivity index (χ3n) is 6.30. The highest BCUT2D eigenvalue weighted by Gasteiger charge is 2.28. The number of benzene rings is 4. The van der Waals surface area contributed by atoms with Crippen molar-refractivity contribution in [2.45, 2.75) is 25.3 Å². The second kappa shape index (κ2) is 8.76. The van der Waals surface area contributed by atoms with Gasteiger partial charge in [-0.3, -0.25) is 9.79 Å². The van der Waals surface area contributed by atoms with Gasteiger partial charge >= 0.3 is 0 Å². The summed E-state index contributed by atoms with van der Waals surface area (Å²) in [5, 5.41) is 0. The third kappa shape index (κ3) is 3.80. The first-order valence-corrected chi connectivity index (χ1v) is 11.1. The lowest BCUT2D eigenvalue weighted by atomic mass is 9.86. The molecule has 0 heterocycles. The largest absolute Gasteiger partial charge is 0.294 e. The van der Waals surface area contributed by atoms with Crippen LogP contribution in [0.2, 0.25) is 0 Å². The molecule has 0 amide bonds. The average molecular weight is 416 g/mol. The van der Waals surface area contributed by atoms with Gasteiger partial charge in [0.05, 0.1) is 11.8 Å². The standard InChI is InChI=1S/C30H25NO/c1-21(31-30-26-18-10-8-16-24(26)25-17-9-11-19-27(25)30)28(22-12-4-2-5-13-22)20-29(32)23-14-6-3-7-15-23/h2-19,21,28H,20H2,1H3. The highest BCUT2D eigenvalue weighted by Crippen LogP contribution is 2.38. The number of carbonyl (C=O) groups excluding carboxylic acids is 1. The first-order valence-electron chi connectivity index (χ1n) is 11.1. The zero-order chi connectivity index (χ0) is 21.9. The van der Waals surface area contributed by atoms with Crippen LogP contribution < -0.4 is 0 Å². The number of rotatable bonds is 6. The van der Waals surface area contributed by atoms with E-state index in [9.17, 15) is 4.79 Å². The Morgan fingerprint density at radius 1 is 0.656 bits per heavy atom. The Kier molecular flexibility index (Phi) is 5.51. The van der Waals surface area contributed by atoms with E-state index in [2.05, 4.69) is 67.6 Å². The van der Waals surface area contributed by atoms with Crippen molar-refractivity contribution in [3.8, 4) is 11.1 Å². The molecule has 2 atom stereocenters. The van der Waals surface area contributed by atoms with Crippen LogP contribution in [0.3, 0.4) is 0 Å². The van der Waals surface area contributed by atoms with Crippen LogP contribution in [-0.2, 0) is 0 Å². The number of carbonyl (C=O) groups is 1. The Morgan fingerprint density at radius 3 is 1.69 bits per heavy atom. The maximum Gasteiger partial charge on any atom is 0.163 e. The van der Waals surface area contributed by atoms with Crippen LogP contribution in [0.5, 0.6) is 0 Å². The number of hydrogen-bond acceptors (Lipinski definition) is 2. The number of ketones is 1. The van der Waals surface area contributed by atoms with Crippen LogP contribution in [0.25, 0.3) is 11.1 Å². The van der Waals surface area contributed by atoms with Crippen LogP contribution in [0.1, 0.15) is 46.3 Å². The number of hydrogen-bond donors (Lipinski definition) is 0. The maximum absolute atomic E-state index is 13.1. The molecule has 156 valence electrons. The Balaban J connectivity index is 1.54. The fraction of sp³-hybridized carbons (Fsp3) is 0.133. The molecule has 0 N–H and O–H groups in total. The molecule has 2 nitrogen and oxygen atoms in total. The van der Waals surface area contributed by atoms with Gasteiger partial charge in [0, 0.05) is 29.0 Å². The molecule has 1 aliphatic rings. The Hall–Kier alpha value is -3.78. The molecule has 0 fully saturated rings. The molecule has 0 aliphatic heterocycles. The zero-order valence-electron chi connectivity index (χ0n) is 18.1. The summed E-state index contributed by atoms with van der Waals surface area (Å²) in [5.41, 5.74) is 7.72. The van der Waals surface area contributed by atoms with E-state index in [0.717, 1.165) is 16.8 Å². The van der Waals surface area contributed by atoms with Gasteiger partial charge in [-0.15, -0.1) is 0 Å². The van der Waals surface area contributed by atoms with Crippen molar-refractivity contribution >= 4 is 11.5 Å². The topological polar surface area (TPSA) is 29.4 Å². The fourth-order valence-electron chi connectivity index (χ4n) is 4.64. The maximum atomic E-state index is 13.1. The predicted molar refractivity (Wildman–Crippen MR) is 132 cm³/mol. The van der Waals surface area contributed by atoms with E-state index in [1.54, 1.807) is 0 Å². The summed E-state index contributed by atoms with van der Waals surface area (Å²) in [5.74, 6) is 0.148. The van der Waals surface area contributed by atoms with E-state index in [1.165, 1.54) is 22.3 Å². The van der Waals surface area contributed by atoms with Crippen LogP contribution in [-0.4, -0.2) is 17.5 Å². The highest BCUT2D eigenvalue weighted by molar-refractivity contribution is 6.24. The molecule has 0 aromatic heterocycles. The second-order valence-electron chi connectivity index (χ2n) is 8.32. The van der Waals surface area contributed by atoms with Crippen LogP contribution >= 0.6 is 0 Å². The van der Waals surface area contributed by atoms with Crippen molar-refractivity contribution in [2.24, 2.45) is 4.99 Å². The molecular weight excluding hydrogens is 390 g/mol. The smallest absolute Gasteiger partial charge is 0.163 e. The van der Waals surface area contributed by atoms with Crippen molar-refractivity contribution in [1.29, 1.82) is 0 Å². The van der Waals surface area contributed by atoms with Crippen LogP contribution in [0.4, 0.5) is 0 Å². The number of fused-ring (bicyclic) bond motifs is 3. The molecule has 4 aromatic rings. The van der Waals surface area contributed by atoms with Crippen molar-refractivity contribution < 1.29 is 4.79 Å². The Morgan fingerprint density at radius 2 is 1.12 bits per heavy atom. The van der Waals surface area contributed by atoms with Crippen molar-refractivity contribution in [3.05, 3.63) is 131 Å². The van der Waals surface area contributed by atoms with Crippen LogP contribution in [0.15, 0.2) is 114 Å². The van der Waals surface area contributed by atoms with E-state index in [-0.39, 0.29) is 17.7 Å². The van der Waals surface area contributed by atoms with Crippen molar-refractivity contribution in [2.75, 3.05) is 0 Å². The van der Waals surface area contributed by atoms with E-state index in [4.69, 9.17) is 4.99 Å². The summed E-state index contributed by atoms with van der Waals surface area (Å²) >= 11 is 0. The summed E-state index contributed by atoms with van der Waals surface area (Å²) < 4.78 is 0. The molecule has 0 radical (unpaired) electrons. The lowest BCUT2D eigenvalue weighted by molar-refractivity contribution is 0.0970. The summed E-state index contributed by atoms with van der Waals surface area (Å²) in [6, 6.07) is 36.7. The van der Waals surface area contributed by atoms with Gasteiger partial charge in [-0.05, 0) is 23.6 Å². The van der Waals surface area contributed by atoms with E-state index >= 15 is 0 Å². The summed E-state index contributed by atoms with van der Waals surface area (Å²) in [7, 11) is 0. The van der Waals surface area contributed by atoms with E-state index < -0.39 is 0 Å². The quantitative estimate of drug-likeness (QED) is 0.276. The van der Waals surface area contributed by atoms with E-state index in [1.807, 2.05) is 48.5 Å². The SMILES string of the molecule is CC(N=C1c2ccccc2-c2ccccc21)C(CC(=O)c1ccccc1)c1ccccc1. The molecule has 32 heavy (non-hydrogen) atoms. The Bertz CT molecular complexity index is 1230. The Labute approximate surface area is 189 Å². The minimum atomic E-state index is -0.0562. The predicted octanol–water partition coefficient (Wildman–Crippen LogP) is 6.95. The molecular formula is C30H25NO. The lowest BCUT2D eigenvalue weighted by Crippen LogP contribution is -2.19. The van der Waals surface area contributed by atoms with E-state index in [0.29, 0.717) is 6.42 Å². The fourth-order valence-corrected chi connectivity index (χ4v) is 4.64. The summed E-state index contributed by atoms with van der Waals surface area (Å²) in [6.07, 6.45) is 0.426. The van der Waals surface area contributed by atoms with Gasteiger partial charge in [0.2, 0.25) is 0 Å². The molecule has 2 heteroatoms. The van der Waals surface area contributed by atoms with Crippen LogP contribution in [0, 0.1) is 0 Å². The van der Waals surface area contributed by atoms with Gasteiger partial charge in [0.1, 0.15) is 0 Å². The monoisotopic (exact) mass is 415 g/mol.